The molecule has 5 nitrogen and oxygen atoms in total. The monoisotopic (exact) mass is 381 g/mol. The third-order valence-corrected chi connectivity index (χ3v) is 5.96. The average Bonchev–Trinajstić information content (AvgIpc) is 3.28. The average molecular weight is 382 g/mol. The van der Waals surface area contributed by atoms with Crippen molar-refractivity contribution >= 4 is 16.7 Å². The number of amides is 1. The Hall–Kier alpha value is -2.11. The Morgan fingerprint density at radius 2 is 2.04 bits per heavy atom. The smallest absolute Gasteiger partial charge is 0.237 e. The second-order valence-corrected chi connectivity index (χ2v) is 8.03. The van der Waals surface area contributed by atoms with Gasteiger partial charge in [-0.15, -0.1) is 0 Å². The molecule has 2 heterocycles. The zero-order chi connectivity index (χ0) is 19.2. The van der Waals surface area contributed by atoms with Crippen molar-refractivity contribution in [2.75, 3.05) is 39.3 Å². The molecule has 5 heteroatoms. The molecule has 2 aromatic rings. The molecule has 2 aliphatic rings. The summed E-state index contributed by atoms with van der Waals surface area (Å²) in [6.07, 6.45) is 4.45. The van der Waals surface area contributed by atoms with E-state index in [0.717, 1.165) is 51.3 Å². The first-order chi connectivity index (χ1) is 13.8. The number of hydrogen-bond acceptors (Lipinski definition) is 4. The van der Waals surface area contributed by atoms with Gasteiger partial charge in [-0.25, -0.2) is 0 Å². The molecule has 2 N–H and O–H groups in total. The van der Waals surface area contributed by atoms with Crippen molar-refractivity contribution in [2.45, 2.75) is 31.7 Å². The Morgan fingerprint density at radius 1 is 1.14 bits per heavy atom. The van der Waals surface area contributed by atoms with E-state index in [0.29, 0.717) is 12.5 Å². The molecule has 2 aliphatic heterocycles. The van der Waals surface area contributed by atoms with Crippen molar-refractivity contribution < 1.29 is 9.53 Å². The van der Waals surface area contributed by atoms with Crippen LogP contribution in [0.2, 0.25) is 0 Å². The highest BCUT2D eigenvalue weighted by molar-refractivity contribution is 5.88. The largest absolute Gasteiger partial charge is 0.492 e. The predicted molar refractivity (Wildman–Crippen MR) is 113 cm³/mol. The highest BCUT2D eigenvalue weighted by Gasteiger charge is 2.24. The van der Waals surface area contributed by atoms with Gasteiger partial charge in [0.05, 0.1) is 6.04 Å². The molecule has 0 aliphatic carbocycles. The molecule has 0 spiro atoms. The molecule has 0 saturated carbocycles. The molecule has 1 amide bonds. The third kappa shape index (κ3) is 4.83. The maximum atomic E-state index is 12.2. The molecule has 2 aromatic carbocycles. The fourth-order valence-electron chi connectivity index (χ4n) is 4.40. The first-order valence-electron chi connectivity index (χ1n) is 10.6. The molecule has 0 radical (unpaired) electrons. The second kappa shape index (κ2) is 9.39. The molecule has 4 rings (SSSR count). The summed E-state index contributed by atoms with van der Waals surface area (Å²) in [6.45, 7) is 5.53. The summed E-state index contributed by atoms with van der Waals surface area (Å²) >= 11 is 0. The van der Waals surface area contributed by atoms with Crippen LogP contribution in [0.3, 0.4) is 0 Å². The fourth-order valence-corrected chi connectivity index (χ4v) is 4.40. The topological polar surface area (TPSA) is 53.6 Å². The van der Waals surface area contributed by atoms with Gasteiger partial charge in [0.15, 0.2) is 0 Å². The molecule has 0 aromatic heterocycles. The van der Waals surface area contributed by atoms with Gasteiger partial charge in [-0.2, -0.15) is 0 Å². The molecule has 2 atom stereocenters. The van der Waals surface area contributed by atoms with E-state index < -0.39 is 0 Å². The van der Waals surface area contributed by atoms with Crippen molar-refractivity contribution in [1.29, 1.82) is 0 Å². The summed E-state index contributed by atoms with van der Waals surface area (Å²) in [5.41, 5.74) is 0. The number of nitrogens with zero attached hydrogens (tertiary/aromatic N) is 1. The van der Waals surface area contributed by atoms with Crippen LogP contribution in [0.1, 0.15) is 25.7 Å². The standard InChI is InChI=1S/C23H31N3O2/c27-23(21-10-4-12-24-21)25-16-18-6-5-13-26(17-18)14-15-28-22-11-3-8-19-7-1-2-9-20(19)22/h1-3,7-9,11,18,21,24H,4-6,10,12-17H2,(H,25,27). The summed E-state index contributed by atoms with van der Waals surface area (Å²) < 4.78 is 6.10. The van der Waals surface area contributed by atoms with Gasteiger partial charge in [0, 0.05) is 25.0 Å². The number of ether oxygens (including phenoxy) is 1. The van der Waals surface area contributed by atoms with E-state index in [9.17, 15) is 4.79 Å². The lowest BCUT2D eigenvalue weighted by Gasteiger charge is -2.32. The number of likely N-dealkylation sites (tertiary alicyclic amines) is 1. The van der Waals surface area contributed by atoms with E-state index >= 15 is 0 Å². The molecular formula is C23H31N3O2. The van der Waals surface area contributed by atoms with Crippen LogP contribution in [0.4, 0.5) is 0 Å². The zero-order valence-corrected chi connectivity index (χ0v) is 16.5. The van der Waals surface area contributed by atoms with E-state index in [1.165, 1.54) is 23.6 Å². The quantitative estimate of drug-likeness (QED) is 0.774. The number of fused-ring (bicyclic) bond motifs is 1. The van der Waals surface area contributed by atoms with Crippen LogP contribution in [0.25, 0.3) is 10.8 Å². The number of piperidine rings is 1. The highest BCUT2D eigenvalue weighted by atomic mass is 16.5. The Bertz CT molecular complexity index is 783. The van der Waals surface area contributed by atoms with Gasteiger partial charge in [-0.3, -0.25) is 9.69 Å². The Kier molecular flexibility index (Phi) is 6.45. The lowest BCUT2D eigenvalue weighted by Crippen LogP contribution is -2.46. The Labute approximate surface area is 167 Å². The zero-order valence-electron chi connectivity index (χ0n) is 16.5. The third-order valence-electron chi connectivity index (χ3n) is 5.96. The van der Waals surface area contributed by atoms with Crippen LogP contribution < -0.4 is 15.4 Å². The summed E-state index contributed by atoms with van der Waals surface area (Å²) in [4.78, 5) is 14.7. The molecule has 2 fully saturated rings. The first-order valence-corrected chi connectivity index (χ1v) is 10.6. The highest BCUT2D eigenvalue weighted by Crippen LogP contribution is 2.25. The van der Waals surface area contributed by atoms with Crippen LogP contribution in [-0.4, -0.2) is 56.2 Å². The van der Waals surface area contributed by atoms with Crippen molar-refractivity contribution in [3.8, 4) is 5.75 Å². The van der Waals surface area contributed by atoms with E-state index in [4.69, 9.17) is 4.74 Å². The van der Waals surface area contributed by atoms with Gasteiger partial charge in [0.25, 0.3) is 0 Å². The molecule has 2 saturated heterocycles. The second-order valence-electron chi connectivity index (χ2n) is 8.03. The summed E-state index contributed by atoms with van der Waals surface area (Å²) in [6, 6.07) is 14.6. The van der Waals surface area contributed by atoms with Crippen LogP contribution in [0.15, 0.2) is 42.5 Å². The first kappa shape index (κ1) is 19.2. The van der Waals surface area contributed by atoms with Crippen LogP contribution in [0, 0.1) is 5.92 Å². The number of benzene rings is 2. The maximum Gasteiger partial charge on any atom is 0.237 e. The summed E-state index contributed by atoms with van der Waals surface area (Å²) in [5, 5.41) is 8.81. The van der Waals surface area contributed by atoms with Gasteiger partial charge < -0.3 is 15.4 Å². The van der Waals surface area contributed by atoms with Crippen molar-refractivity contribution in [2.24, 2.45) is 5.92 Å². The van der Waals surface area contributed by atoms with Crippen LogP contribution in [0.5, 0.6) is 5.75 Å². The van der Waals surface area contributed by atoms with E-state index in [2.05, 4.69) is 51.9 Å². The number of carbonyl (C=O) groups excluding carboxylic acids is 1. The Balaban J connectivity index is 1.22. The molecule has 2 unspecified atom stereocenters. The van der Waals surface area contributed by atoms with Gasteiger partial charge in [0.1, 0.15) is 12.4 Å². The molecular weight excluding hydrogens is 350 g/mol. The van der Waals surface area contributed by atoms with E-state index in [1.807, 2.05) is 6.07 Å². The minimum Gasteiger partial charge on any atom is -0.492 e. The van der Waals surface area contributed by atoms with Gasteiger partial charge >= 0.3 is 0 Å². The summed E-state index contributed by atoms with van der Waals surface area (Å²) in [7, 11) is 0. The molecule has 150 valence electrons. The van der Waals surface area contributed by atoms with E-state index in [-0.39, 0.29) is 11.9 Å². The fraction of sp³-hybridized carbons (Fsp3) is 0.522. The van der Waals surface area contributed by atoms with Crippen molar-refractivity contribution in [3.05, 3.63) is 42.5 Å². The number of nitrogens with one attached hydrogen (secondary N) is 2. The lowest BCUT2D eigenvalue weighted by atomic mass is 9.98. The maximum absolute atomic E-state index is 12.2. The normalized spacial score (nSPS) is 23.0. The Morgan fingerprint density at radius 3 is 2.93 bits per heavy atom. The van der Waals surface area contributed by atoms with Gasteiger partial charge in [-0.1, -0.05) is 36.4 Å². The number of rotatable bonds is 7. The number of carbonyl (C=O) groups is 1. The minimum atomic E-state index is 0.0220. The molecule has 28 heavy (non-hydrogen) atoms. The van der Waals surface area contributed by atoms with Crippen LogP contribution >= 0.6 is 0 Å². The van der Waals surface area contributed by atoms with Gasteiger partial charge in [-0.05, 0) is 56.1 Å². The summed E-state index contributed by atoms with van der Waals surface area (Å²) in [5.74, 6) is 1.67. The predicted octanol–water partition coefficient (Wildman–Crippen LogP) is 2.80. The molecule has 0 bridgehead atoms. The lowest BCUT2D eigenvalue weighted by molar-refractivity contribution is -0.123. The SMILES string of the molecule is O=C(NCC1CCCN(CCOc2cccc3ccccc23)C1)C1CCCN1. The van der Waals surface area contributed by atoms with Gasteiger partial charge in [0.2, 0.25) is 5.91 Å². The van der Waals surface area contributed by atoms with Crippen LogP contribution in [-0.2, 0) is 4.79 Å². The minimum absolute atomic E-state index is 0.0220. The number of hydrogen-bond donors (Lipinski definition) is 2. The van der Waals surface area contributed by atoms with Crippen molar-refractivity contribution in [3.63, 3.8) is 0 Å². The van der Waals surface area contributed by atoms with Crippen molar-refractivity contribution in [1.82, 2.24) is 15.5 Å². The van der Waals surface area contributed by atoms with E-state index in [1.54, 1.807) is 0 Å².